The summed E-state index contributed by atoms with van der Waals surface area (Å²) in [6.45, 7) is 8.28. The SMILES string of the molecule is CCOc1cccc(/C(O)=C2/C(=O)C(=O)N(c3ccc(C)c(C)c3)C2c2sccc2C)c1. The number of ether oxygens (including phenoxy) is 1. The van der Waals surface area contributed by atoms with Crippen LogP contribution in [0.15, 0.2) is 59.5 Å². The number of Topliss-reactive ketones (excluding diaryl/α,β-unsaturated/α-hetero) is 1. The average Bonchev–Trinajstić information content (AvgIpc) is 3.31. The minimum absolute atomic E-state index is 0.0902. The Morgan fingerprint density at radius 3 is 2.47 bits per heavy atom. The molecule has 0 spiro atoms. The molecular weight excluding hydrogens is 422 g/mol. The van der Waals surface area contributed by atoms with Crippen molar-refractivity contribution in [2.75, 3.05) is 11.5 Å². The summed E-state index contributed by atoms with van der Waals surface area (Å²) >= 11 is 1.47. The lowest BCUT2D eigenvalue weighted by atomic mass is 9.98. The second-order valence-corrected chi connectivity index (χ2v) is 8.81. The van der Waals surface area contributed by atoms with E-state index in [9.17, 15) is 14.7 Å². The minimum atomic E-state index is -0.701. The molecule has 2 aromatic carbocycles. The summed E-state index contributed by atoms with van der Waals surface area (Å²) in [7, 11) is 0. The molecule has 6 heteroatoms. The number of aryl methyl sites for hydroxylation is 3. The molecule has 1 unspecified atom stereocenters. The first-order valence-electron chi connectivity index (χ1n) is 10.5. The number of benzene rings is 2. The fraction of sp³-hybridized carbons (Fsp3) is 0.231. The molecule has 2 heterocycles. The van der Waals surface area contributed by atoms with Crippen LogP contribution in [0.1, 0.15) is 40.1 Å². The predicted octanol–water partition coefficient (Wildman–Crippen LogP) is 5.70. The summed E-state index contributed by atoms with van der Waals surface area (Å²) in [4.78, 5) is 28.9. The first kappa shape index (κ1) is 21.8. The van der Waals surface area contributed by atoms with E-state index in [1.165, 1.54) is 16.2 Å². The van der Waals surface area contributed by atoms with Gasteiger partial charge in [-0.25, -0.2) is 0 Å². The van der Waals surface area contributed by atoms with E-state index in [4.69, 9.17) is 4.74 Å². The van der Waals surface area contributed by atoms with Gasteiger partial charge in [0.05, 0.1) is 12.2 Å². The van der Waals surface area contributed by atoms with Gasteiger partial charge in [0.15, 0.2) is 0 Å². The third-order valence-corrected chi connectivity index (χ3v) is 6.85. The van der Waals surface area contributed by atoms with Gasteiger partial charge in [0, 0.05) is 16.1 Å². The smallest absolute Gasteiger partial charge is 0.300 e. The van der Waals surface area contributed by atoms with Crippen molar-refractivity contribution in [3.8, 4) is 5.75 Å². The average molecular weight is 448 g/mol. The van der Waals surface area contributed by atoms with Crippen LogP contribution in [-0.4, -0.2) is 23.4 Å². The molecular formula is C26H25NO4S. The molecule has 32 heavy (non-hydrogen) atoms. The molecule has 4 rings (SSSR count). The van der Waals surface area contributed by atoms with E-state index in [0.717, 1.165) is 21.6 Å². The molecule has 3 aromatic rings. The van der Waals surface area contributed by atoms with Crippen LogP contribution >= 0.6 is 11.3 Å². The number of rotatable bonds is 5. The van der Waals surface area contributed by atoms with Gasteiger partial charge in [0.2, 0.25) is 0 Å². The number of carbonyl (C=O) groups is 2. The van der Waals surface area contributed by atoms with Crippen molar-refractivity contribution in [3.05, 3.63) is 86.6 Å². The van der Waals surface area contributed by atoms with E-state index < -0.39 is 17.7 Å². The molecule has 0 saturated carbocycles. The van der Waals surface area contributed by atoms with Crippen molar-refractivity contribution in [3.63, 3.8) is 0 Å². The monoisotopic (exact) mass is 447 g/mol. The van der Waals surface area contributed by atoms with E-state index >= 15 is 0 Å². The highest BCUT2D eigenvalue weighted by molar-refractivity contribution is 7.10. The normalized spacial score (nSPS) is 17.8. The fourth-order valence-corrected chi connectivity index (χ4v) is 4.97. The van der Waals surface area contributed by atoms with Crippen molar-refractivity contribution in [1.82, 2.24) is 0 Å². The molecule has 1 fully saturated rings. The van der Waals surface area contributed by atoms with Crippen molar-refractivity contribution in [1.29, 1.82) is 0 Å². The van der Waals surface area contributed by atoms with E-state index in [1.54, 1.807) is 24.3 Å². The molecule has 1 amide bonds. The minimum Gasteiger partial charge on any atom is -0.507 e. The first-order chi connectivity index (χ1) is 15.3. The summed E-state index contributed by atoms with van der Waals surface area (Å²) in [6, 6.07) is 13.9. The Labute approximate surface area is 191 Å². The molecule has 1 atom stereocenters. The van der Waals surface area contributed by atoms with Gasteiger partial charge in [-0.3, -0.25) is 14.5 Å². The number of hydrogen-bond acceptors (Lipinski definition) is 5. The van der Waals surface area contributed by atoms with Crippen LogP contribution < -0.4 is 9.64 Å². The van der Waals surface area contributed by atoms with Crippen LogP contribution in [0.25, 0.3) is 5.76 Å². The maximum Gasteiger partial charge on any atom is 0.300 e. The van der Waals surface area contributed by atoms with Crippen LogP contribution in [-0.2, 0) is 9.59 Å². The number of carbonyl (C=O) groups excluding carboxylic acids is 2. The van der Waals surface area contributed by atoms with Gasteiger partial charge in [-0.05, 0) is 80.1 Å². The molecule has 0 bridgehead atoms. The standard InChI is InChI=1S/C26H25NO4S/c1-5-31-20-8-6-7-18(14-20)23(28)21-22(25-16(3)11-12-32-25)27(26(30)24(21)29)19-10-9-15(2)17(4)13-19/h6-14,22,28H,5H2,1-4H3/b23-21-. The van der Waals surface area contributed by atoms with Crippen LogP contribution in [0.2, 0.25) is 0 Å². The Morgan fingerprint density at radius 1 is 1.03 bits per heavy atom. The second-order valence-electron chi connectivity index (χ2n) is 7.87. The lowest BCUT2D eigenvalue weighted by Gasteiger charge is -2.25. The largest absolute Gasteiger partial charge is 0.507 e. The van der Waals surface area contributed by atoms with E-state index in [0.29, 0.717) is 23.6 Å². The molecule has 1 aliphatic heterocycles. The zero-order chi connectivity index (χ0) is 23.0. The van der Waals surface area contributed by atoms with Crippen LogP contribution in [0.5, 0.6) is 5.75 Å². The van der Waals surface area contributed by atoms with Gasteiger partial charge in [0.1, 0.15) is 17.6 Å². The molecule has 1 N–H and O–H groups in total. The van der Waals surface area contributed by atoms with E-state index in [-0.39, 0.29) is 11.3 Å². The third-order valence-electron chi connectivity index (χ3n) is 5.78. The highest BCUT2D eigenvalue weighted by atomic mass is 32.1. The molecule has 1 aliphatic rings. The van der Waals surface area contributed by atoms with Crippen molar-refractivity contribution in [2.45, 2.75) is 33.7 Å². The highest BCUT2D eigenvalue weighted by Crippen LogP contribution is 2.45. The first-order valence-corrected chi connectivity index (χ1v) is 11.4. The third kappa shape index (κ3) is 3.71. The van der Waals surface area contributed by atoms with Crippen LogP contribution in [0, 0.1) is 20.8 Å². The van der Waals surface area contributed by atoms with Crippen molar-refractivity contribution >= 4 is 34.5 Å². The summed E-state index contributed by atoms with van der Waals surface area (Å²) in [5.41, 5.74) is 4.25. The van der Waals surface area contributed by atoms with Crippen molar-refractivity contribution < 1.29 is 19.4 Å². The van der Waals surface area contributed by atoms with Gasteiger partial charge in [-0.2, -0.15) is 0 Å². The van der Waals surface area contributed by atoms with Gasteiger partial charge < -0.3 is 9.84 Å². The lowest BCUT2D eigenvalue weighted by molar-refractivity contribution is -0.132. The molecule has 164 valence electrons. The Hall–Kier alpha value is -3.38. The predicted molar refractivity (Wildman–Crippen MR) is 127 cm³/mol. The number of hydrogen-bond donors (Lipinski definition) is 1. The summed E-state index contributed by atoms with van der Waals surface area (Å²) in [5.74, 6) is -0.952. The Kier molecular flexibility index (Phi) is 5.89. The number of amides is 1. The fourth-order valence-electron chi connectivity index (χ4n) is 3.94. The number of aliphatic hydroxyl groups is 1. The van der Waals surface area contributed by atoms with Crippen LogP contribution in [0.3, 0.4) is 0 Å². The zero-order valence-corrected chi connectivity index (χ0v) is 19.3. The zero-order valence-electron chi connectivity index (χ0n) is 18.5. The number of nitrogens with zero attached hydrogens (tertiary/aromatic N) is 1. The topological polar surface area (TPSA) is 66.8 Å². The lowest BCUT2D eigenvalue weighted by Crippen LogP contribution is -2.29. The quantitative estimate of drug-likeness (QED) is 0.310. The maximum atomic E-state index is 13.2. The molecule has 5 nitrogen and oxygen atoms in total. The number of thiophene rings is 1. The number of ketones is 1. The molecule has 0 aliphatic carbocycles. The van der Waals surface area contributed by atoms with Crippen LogP contribution in [0.4, 0.5) is 5.69 Å². The number of anilines is 1. The molecule has 1 saturated heterocycles. The second kappa shape index (κ2) is 8.63. The van der Waals surface area contributed by atoms with Gasteiger partial charge in [-0.15, -0.1) is 11.3 Å². The molecule has 0 radical (unpaired) electrons. The van der Waals surface area contributed by atoms with E-state index in [1.807, 2.05) is 57.3 Å². The summed E-state index contributed by atoms with van der Waals surface area (Å²) < 4.78 is 5.55. The highest BCUT2D eigenvalue weighted by Gasteiger charge is 2.48. The maximum absolute atomic E-state index is 13.2. The van der Waals surface area contributed by atoms with Gasteiger partial charge >= 0.3 is 0 Å². The summed E-state index contributed by atoms with van der Waals surface area (Å²) in [5, 5.41) is 13.2. The summed E-state index contributed by atoms with van der Waals surface area (Å²) in [6.07, 6.45) is 0. The molecule has 1 aromatic heterocycles. The van der Waals surface area contributed by atoms with Gasteiger partial charge in [0.25, 0.3) is 11.7 Å². The Balaban J connectivity index is 1.93. The van der Waals surface area contributed by atoms with E-state index in [2.05, 4.69) is 0 Å². The number of aliphatic hydroxyl groups excluding tert-OH is 1. The Bertz CT molecular complexity index is 1240. The van der Waals surface area contributed by atoms with Crippen molar-refractivity contribution in [2.24, 2.45) is 0 Å². The van der Waals surface area contributed by atoms with Gasteiger partial charge in [-0.1, -0.05) is 18.2 Å². The Morgan fingerprint density at radius 2 is 1.81 bits per heavy atom.